The average molecular weight is 1610 g/mol. The largest absolute Gasteiger partial charge is 0.478 e. The maximum Gasteiger partial charge on any atom is 0.337 e. The van der Waals surface area contributed by atoms with Crippen molar-refractivity contribution in [1.29, 1.82) is 2.67 Å². The van der Waals surface area contributed by atoms with E-state index in [-0.39, 0.29) is 111 Å². The topological polar surface area (TPSA) is 200 Å². The van der Waals surface area contributed by atoms with Crippen LogP contribution in [0.15, 0.2) is 140 Å². The number of nitrogens with two attached hydrogens (primary N) is 1. The predicted octanol–water partition coefficient (Wildman–Crippen LogP) is 12.0. The normalized spacial score (nSPS) is 19.9. The van der Waals surface area contributed by atoms with Crippen LogP contribution in [0.1, 0.15) is 113 Å². The fraction of sp³-hybridized carbons (Fsp3) is 0.347. The van der Waals surface area contributed by atoms with E-state index in [4.69, 9.17) is 48.4 Å². The van der Waals surface area contributed by atoms with Gasteiger partial charge in [-0.1, -0.05) is 71.2 Å². The van der Waals surface area contributed by atoms with Gasteiger partial charge in [0.1, 0.15) is 17.5 Å². The molecule has 13 rings (SSSR count). The Hall–Kier alpha value is -7.09. The van der Waals surface area contributed by atoms with Crippen molar-refractivity contribution in [3.8, 4) is 0 Å². The number of benzene rings is 6. The summed E-state index contributed by atoms with van der Waals surface area (Å²) in [5, 5.41) is 15.4. The minimum atomic E-state index is -1.01. The quantitative estimate of drug-likeness (QED) is 0.0357. The molecule has 4 aliphatic rings. The number of nitrogen functional groups attached to an aromatic ring is 1. The number of carboxylic acid groups (broad SMARTS) is 1. The van der Waals surface area contributed by atoms with E-state index in [1.54, 1.807) is 58.5 Å². The van der Waals surface area contributed by atoms with Gasteiger partial charge < -0.3 is 40.9 Å². The van der Waals surface area contributed by atoms with Crippen molar-refractivity contribution in [1.82, 2.24) is 49.4 Å². The van der Waals surface area contributed by atoms with Gasteiger partial charge in [0.05, 0.1) is 51.2 Å². The smallest absolute Gasteiger partial charge is 0.337 e. The fourth-order valence-electron chi connectivity index (χ4n) is 12.8. The van der Waals surface area contributed by atoms with Crippen LogP contribution in [0.2, 0.25) is 15.1 Å². The molecule has 0 saturated carbocycles. The molecule has 9 aromatic rings. The summed E-state index contributed by atoms with van der Waals surface area (Å²) in [6.45, 7) is 20.6. The average Bonchev–Trinajstić information content (AvgIpc) is 1.72. The number of H-pyrrole nitrogens is 2. The number of halogens is 6. The molecule has 0 spiro atoms. The first kappa shape index (κ1) is 72.6. The van der Waals surface area contributed by atoms with E-state index in [9.17, 15) is 37.1 Å². The molecule has 0 aliphatic carbocycles. The number of aromatic carboxylic acids is 1. The van der Waals surface area contributed by atoms with E-state index < -0.39 is 17.7 Å². The summed E-state index contributed by atoms with van der Waals surface area (Å²) < 4.78 is 52.0. The number of carbonyl (C=O) groups excluding carboxylic acids is 4. The fourth-order valence-corrected chi connectivity index (χ4v) is 13.5. The van der Waals surface area contributed by atoms with Gasteiger partial charge in [0.25, 0.3) is 23.5 Å². The van der Waals surface area contributed by atoms with Crippen molar-refractivity contribution in [3.63, 3.8) is 0 Å². The molecule has 0 unspecified atom stereocenters. The number of likely N-dealkylation sites (tertiary alicyclic amines) is 1. The maximum atomic E-state index is 13.7. The zero-order valence-electron chi connectivity index (χ0n) is 57.0. The van der Waals surface area contributed by atoms with E-state index in [0.717, 1.165) is 78.5 Å². The second-order valence-electron chi connectivity index (χ2n) is 25.4. The number of aromatic amines is 2. The van der Waals surface area contributed by atoms with Crippen molar-refractivity contribution in [3.05, 3.63) is 211 Å². The van der Waals surface area contributed by atoms with Gasteiger partial charge in [-0.25, -0.2) is 18.0 Å². The second-order valence-corrected chi connectivity index (χ2v) is 26.6. The second kappa shape index (κ2) is 33.6. The van der Waals surface area contributed by atoms with Crippen molar-refractivity contribution >= 4 is 105 Å². The van der Waals surface area contributed by atoms with Crippen LogP contribution in [0.3, 0.4) is 0 Å². The molecule has 509 valence electrons. The molecule has 6 atom stereocenters. The van der Waals surface area contributed by atoms with Gasteiger partial charge in [-0.05, 0) is 159 Å². The molecule has 1 radical (unpaired) electrons. The van der Waals surface area contributed by atoms with Crippen LogP contribution in [-0.4, -0.2) is 178 Å². The molecule has 4 aliphatic heterocycles. The van der Waals surface area contributed by atoms with E-state index in [1.165, 1.54) is 52.8 Å². The van der Waals surface area contributed by atoms with Gasteiger partial charge in [0.15, 0.2) is 0 Å². The Morgan fingerprint density at radius 1 is 0.557 bits per heavy atom. The number of fused-ring (bicyclic) bond motifs is 3. The van der Waals surface area contributed by atoms with Crippen molar-refractivity contribution in [2.75, 3.05) is 58.2 Å². The number of carboxylic acids is 1. The van der Waals surface area contributed by atoms with Crippen LogP contribution in [0, 0.1) is 48.6 Å². The minimum Gasteiger partial charge on any atom is -0.478 e. The molecule has 17 nitrogen and oxygen atoms in total. The zero-order chi connectivity index (χ0) is 70.6. The molecule has 3 amide bonds. The van der Waals surface area contributed by atoms with Gasteiger partial charge in [0.2, 0.25) is 0 Å². The molecule has 4 fully saturated rings. The molecule has 3 aromatic heterocycles. The number of nitrogens with zero attached hydrogens (tertiary/aromatic N) is 7. The Labute approximate surface area is 606 Å². The first-order valence-corrected chi connectivity index (χ1v) is 33.0. The SMILES string of the molecule is C[C@@H]1CN(Cc2ccc(F)cc2)[C@@H](C)CN1.C[C@@H]1CN(Cc2ccc(F)cc2)[C@@H](C)CN1C(=O)c1cc2c(C(=O)C(=O)N3CCCC3)cn(N)c2cc1Cl.C[C@@H]1CN(Cc2ccc(F)cc2)[C@@H](C)CN1C(=O)c1cc2cc[nH]c2cc1Cl.O=C(O)c1cc2cc[nH]c2cc1Cl.[3H][B][3H].[U]. The maximum absolute atomic E-state index is 13.7. The molecule has 6 N–H and O–H groups in total. The number of hydrogen-bond acceptors (Lipinski definition) is 10. The number of hydrogen-bond donors (Lipinski definition) is 5. The summed E-state index contributed by atoms with van der Waals surface area (Å²) in [6.07, 6.45) is 6.75. The Bertz CT molecular complexity index is 4270. The molecular formula is C72H81BCl3F3N11O6U. The first-order chi connectivity index (χ1) is 46.8. The van der Waals surface area contributed by atoms with Gasteiger partial charge >= 0.3 is 5.97 Å². The summed E-state index contributed by atoms with van der Waals surface area (Å²) in [7, 11) is 0.500. The molecule has 0 bridgehead atoms. The summed E-state index contributed by atoms with van der Waals surface area (Å²) in [5.41, 5.74) is 6.59. The summed E-state index contributed by atoms with van der Waals surface area (Å²) >= 11 is 18.7. The third kappa shape index (κ3) is 18.4. The Balaban J connectivity index is 0.000000178. The number of Topliss-reactive ketones (excluding diaryl/α,β-unsaturated/α-hetero) is 1. The van der Waals surface area contributed by atoms with Gasteiger partial charge in [0, 0.05) is 185 Å². The summed E-state index contributed by atoms with van der Waals surface area (Å²) in [6, 6.07) is 34.9. The van der Waals surface area contributed by atoms with Crippen molar-refractivity contribution in [2.24, 2.45) is 0 Å². The number of ketones is 1. The zero-order valence-corrected chi connectivity index (χ0v) is 61.4. The number of piperazine rings is 3. The van der Waals surface area contributed by atoms with Crippen LogP contribution >= 0.6 is 34.8 Å². The van der Waals surface area contributed by atoms with Crippen LogP contribution in [0.5, 0.6) is 0 Å². The Morgan fingerprint density at radius 2 is 0.969 bits per heavy atom. The van der Waals surface area contributed by atoms with Crippen LogP contribution in [0.4, 0.5) is 13.2 Å². The molecule has 4 saturated heterocycles. The number of rotatable bonds is 11. The molecule has 7 heterocycles. The van der Waals surface area contributed by atoms with Crippen LogP contribution in [0.25, 0.3) is 32.7 Å². The summed E-state index contributed by atoms with van der Waals surface area (Å²) in [5.74, 6) is 2.96. The van der Waals surface area contributed by atoms with E-state index >= 15 is 0 Å². The number of carbonyl (C=O) groups is 5. The van der Waals surface area contributed by atoms with Gasteiger partial charge in [-0.3, -0.25) is 38.6 Å². The van der Waals surface area contributed by atoms with Gasteiger partial charge in [-0.2, -0.15) is 0 Å². The molecular weight excluding hydrogens is 1530 g/mol. The number of aromatic nitrogens is 3. The van der Waals surface area contributed by atoms with E-state index in [2.05, 4.69) is 64.6 Å². The predicted molar refractivity (Wildman–Crippen MR) is 377 cm³/mol. The third-order valence-corrected chi connectivity index (χ3v) is 19.2. The first-order valence-electron chi connectivity index (χ1n) is 33.1. The monoisotopic (exact) mass is 1610 g/mol. The van der Waals surface area contributed by atoms with Crippen molar-refractivity contribution < 1.29 is 73.4 Å². The summed E-state index contributed by atoms with van der Waals surface area (Å²) in [4.78, 5) is 81.9. The minimum absolute atomic E-state index is 0. The standard InChI is InChI=1S/C28H31ClFN5O3.C22H23ClFN3O.C13H19FN2.C9H6ClNO2.BH2.U/c1-17-14-34(18(2)13-33(17)15-19-5-7-20(30)8-6-19)27(37)22-11-21-23(16-35(31)25(21)12-24(22)29)26(36)28(38)32-9-3-4-10-32;1-14-12-27(15(2)11-26(14)13-16-3-5-18(24)6-4-16)22(28)19-9-17-7-8-25-21(17)10-20(19)23;1-10-8-16(11(2)7-15-10)9-12-3-5-13(14)6-4-12;10-7-4-8-5(1-2-11-8)3-6(7)9(12)13;;/h5-8,11-12,16-18H,3-4,9-10,13-15,31H2,1-2H3;3-10,14-15,25H,11-13H2,1-2H3;3-6,10-11,15H,7-9H2,1-2H3;1-4,11H,(H,12,13);1H2;/t17-,18+;14-,15+;10-,11+;;;/m001.../s1/i;;;;1T2;. The molecule has 25 heteroatoms. The van der Waals surface area contributed by atoms with E-state index in [1.807, 2.05) is 60.5 Å². The number of nitrogens with one attached hydrogen (secondary N) is 3. The molecule has 6 aromatic carbocycles. The Morgan fingerprint density at radius 3 is 1.42 bits per heavy atom. The molecule has 97 heavy (non-hydrogen) atoms. The Kier molecular flexibility index (Phi) is 25.2. The van der Waals surface area contributed by atoms with Gasteiger partial charge in [-0.15, -0.1) is 0 Å². The third-order valence-electron chi connectivity index (χ3n) is 18.3. The number of amides is 3. The van der Waals surface area contributed by atoms with Crippen LogP contribution < -0.4 is 11.2 Å². The van der Waals surface area contributed by atoms with E-state index in [0.29, 0.717) is 81.2 Å². The van der Waals surface area contributed by atoms with Crippen LogP contribution in [-0.2, 0) is 24.4 Å². The van der Waals surface area contributed by atoms with Crippen molar-refractivity contribution in [2.45, 2.75) is 110 Å².